The van der Waals surface area contributed by atoms with E-state index in [0.29, 0.717) is 0 Å². The highest BCUT2D eigenvalue weighted by Crippen LogP contribution is 2.49. The Hall–Kier alpha value is -6.00. The van der Waals surface area contributed by atoms with Gasteiger partial charge in [-0.15, -0.1) is 0 Å². The lowest BCUT2D eigenvalue weighted by Gasteiger charge is -2.45. The first-order valence-corrected chi connectivity index (χ1v) is 21.8. The van der Waals surface area contributed by atoms with Gasteiger partial charge in [-0.1, -0.05) is 154 Å². The SMILES string of the molecule is CCc1ccc(N2c3ccc(C(C)(C)C)cc3B3c4cc(C(C)(C)C)ccc4N(c4ccc(C(C)(C)C)cc4)c4cc(N(c5ccccc5)c5ccccc5)cc2c43)cc1. The summed E-state index contributed by atoms with van der Waals surface area (Å²) in [4.78, 5) is 7.52. The van der Waals surface area contributed by atoms with Crippen LogP contribution in [0.4, 0.5) is 51.2 Å². The molecule has 0 aliphatic carbocycles. The normalized spacial score (nSPS) is 13.5. The lowest BCUT2D eigenvalue weighted by molar-refractivity contribution is 0.590. The summed E-state index contributed by atoms with van der Waals surface area (Å²) in [6.45, 7) is 23.1. The summed E-state index contributed by atoms with van der Waals surface area (Å²) in [5, 5.41) is 0. The number of hydrogen-bond donors (Lipinski definition) is 0. The highest BCUT2D eigenvalue weighted by molar-refractivity contribution is 7.00. The van der Waals surface area contributed by atoms with Gasteiger partial charge in [0.1, 0.15) is 0 Å². The number of benzene rings is 7. The standard InChI is InChI=1S/C56H58BN3/c1-11-38-22-28-44(29-23-38)59-49-32-26-40(55(5,6)7)34-47(49)57-48-35-41(56(8,9)10)27-33-50(48)60(45-30-24-39(25-31-45)54(2,3)4)52-37-46(36-51(59)53(52)57)58(42-18-14-12-15-19-42)43-20-16-13-17-21-43/h12-37H,11H2,1-10H3. The van der Waals surface area contributed by atoms with Gasteiger partial charge in [-0.2, -0.15) is 0 Å². The Morgan fingerprint density at radius 1 is 0.417 bits per heavy atom. The molecule has 60 heavy (non-hydrogen) atoms. The Morgan fingerprint density at radius 3 is 1.22 bits per heavy atom. The number of anilines is 9. The number of para-hydroxylation sites is 2. The average molecular weight is 784 g/mol. The summed E-state index contributed by atoms with van der Waals surface area (Å²) in [6.07, 6.45) is 0.998. The molecule has 0 aromatic heterocycles. The maximum absolute atomic E-state index is 2.55. The van der Waals surface area contributed by atoms with E-state index in [-0.39, 0.29) is 23.0 Å². The van der Waals surface area contributed by atoms with Crippen molar-refractivity contribution in [3.63, 3.8) is 0 Å². The Kier molecular flexibility index (Phi) is 9.62. The van der Waals surface area contributed by atoms with Crippen LogP contribution >= 0.6 is 0 Å². The zero-order valence-electron chi connectivity index (χ0n) is 37.1. The molecule has 2 aliphatic heterocycles. The molecule has 0 atom stereocenters. The van der Waals surface area contributed by atoms with Crippen molar-refractivity contribution in [2.24, 2.45) is 0 Å². The van der Waals surface area contributed by atoms with Crippen molar-refractivity contribution in [1.29, 1.82) is 0 Å². The molecule has 0 spiro atoms. The molecule has 0 saturated carbocycles. The van der Waals surface area contributed by atoms with Crippen LogP contribution in [0.2, 0.25) is 0 Å². The average Bonchev–Trinajstić information content (AvgIpc) is 3.23. The van der Waals surface area contributed by atoms with Crippen LogP contribution in [0.25, 0.3) is 0 Å². The second-order valence-corrected chi connectivity index (χ2v) is 19.9. The van der Waals surface area contributed by atoms with Gasteiger partial charge in [0.2, 0.25) is 0 Å². The van der Waals surface area contributed by atoms with Gasteiger partial charge in [-0.05, 0) is 134 Å². The number of fused-ring (bicyclic) bond motifs is 4. The molecular formula is C56H58BN3. The largest absolute Gasteiger partial charge is 0.311 e. The summed E-state index contributed by atoms with van der Waals surface area (Å²) >= 11 is 0. The van der Waals surface area contributed by atoms with E-state index < -0.39 is 0 Å². The van der Waals surface area contributed by atoms with Gasteiger partial charge < -0.3 is 14.7 Å². The predicted octanol–water partition coefficient (Wildman–Crippen LogP) is 13.7. The van der Waals surface area contributed by atoms with Crippen molar-refractivity contribution in [2.45, 2.75) is 91.9 Å². The van der Waals surface area contributed by atoms with Crippen LogP contribution in [0.3, 0.4) is 0 Å². The molecule has 2 aliphatic rings. The maximum Gasteiger partial charge on any atom is 0.252 e. The second kappa shape index (κ2) is 14.6. The Morgan fingerprint density at radius 2 is 0.817 bits per heavy atom. The first-order chi connectivity index (χ1) is 28.6. The summed E-state index contributed by atoms with van der Waals surface area (Å²) in [7, 11) is 0. The Labute approximate surface area is 359 Å². The van der Waals surface area contributed by atoms with E-state index >= 15 is 0 Å². The lowest BCUT2D eigenvalue weighted by Crippen LogP contribution is -2.61. The maximum atomic E-state index is 2.55. The molecular weight excluding hydrogens is 725 g/mol. The van der Waals surface area contributed by atoms with Crippen molar-refractivity contribution in [3.05, 3.63) is 180 Å². The first-order valence-electron chi connectivity index (χ1n) is 21.8. The minimum absolute atomic E-state index is 0.0109. The molecule has 0 saturated heterocycles. The van der Waals surface area contributed by atoms with Crippen molar-refractivity contribution in [1.82, 2.24) is 0 Å². The van der Waals surface area contributed by atoms with Crippen LogP contribution in [0.1, 0.15) is 91.5 Å². The molecule has 2 heterocycles. The molecule has 4 heteroatoms. The monoisotopic (exact) mass is 783 g/mol. The van der Waals surface area contributed by atoms with Gasteiger partial charge in [-0.3, -0.25) is 0 Å². The fourth-order valence-corrected chi connectivity index (χ4v) is 9.20. The van der Waals surface area contributed by atoms with Gasteiger partial charge in [0.05, 0.1) is 5.69 Å². The summed E-state index contributed by atoms with van der Waals surface area (Å²) in [6, 6.07) is 59.7. The highest BCUT2D eigenvalue weighted by atomic mass is 15.2. The van der Waals surface area contributed by atoms with Gasteiger partial charge >= 0.3 is 0 Å². The van der Waals surface area contributed by atoms with Gasteiger partial charge in [0.25, 0.3) is 6.71 Å². The van der Waals surface area contributed by atoms with E-state index in [9.17, 15) is 0 Å². The predicted molar refractivity (Wildman–Crippen MR) is 261 cm³/mol. The highest BCUT2D eigenvalue weighted by Gasteiger charge is 2.45. The quantitative estimate of drug-likeness (QED) is 0.156. The van der Waals surface area contributed by atoms with E-state index in [1.807, 2.05) is 0 Å². The molecule has 7 aromatic rings. The van der Waals surface area contributed by atoms with Crippen molar-refractivity contribution in [3.8, 4) is 0 Å². The molecule has 0 bridgehead atoms. The lowest BCUT2D eigenvalue weighted by atomic mass is 9.33. The van der Waals surface area contributed by atoms with Crippen molar-refractivity contribution < 1.29 is 0 Å². The van der Waals surface area contributed by atoms with Crippen LogP contribution in [0, 0.1) is 0 Å². The number of rotatable bonds is 6. The van der Waals surface area contributed by atoms with Crippen molar-refractivity contribution >= 4 is 74.3 Å². The third-order valence-corrected chi connectivity index (χ3v) is 12.7. The minimum atomic E-state index is -0.0230. The Bertz CT molecular complexity index is 2640. The van der Waals surface area contributed by atoms with E-state index in [2.05, 4.69) is 242 Å². The van der Waals surface area contributed by atoms with Crippen LogP contribution in [-0.2, 0) is 22.7 Å². The van der Waals surface area contributed by atoms with Crippen LogP contribution in [-0.4, -0.2) is 6.71 Å². The van der Waals surface area contributed by atoms with Crippen LogP contribution < -0.4 is 31.1 Å². The summed E-state index contributed by atoms with van der Waals surface area (Å²) in [5.74, 6) is 0. The molecule has 0 fully saturated rings. The molecule has 0 N–H and O–H groups in total. The number of nitrogens with zero attached hydrogens (tertiary/aromatic N) is 3. The van der Waals surface area contributed by atoms with Gasteiger partial charge in [-0.25, -0.2) is 0 Å². The zero-order valence-corrected chi connectivity index (χ0v) is 37.1. The van der Waals surface area contributed by atoms with Crippen LogP contribution in [0.5, 0.6) is 0 Å². The Balaban J connectivity index is 1.43. The van der Waals surface area contributed by atoms with E-state index in [0.717, 1.165) is 34.9 Å². The molecule has 0 unspecified atom stereocenters. The fourth-order valence-electron chi connectivity index (χ4n) is 9.20. The molecule has 9 rings (SSSR count). The smallest absolute Gasteiger partial charge is 0.252 e. The summed E-state index contributed by atoms with van der Waals surface area (Å²) < 4.78 is 0. The molecule has 3 nitrogen and oxygen atoms in total. The number of aryl methyl sites for hydroxylation is 1. The van der Waals surface area contributed by atoms with E-state index in [4.69, 9.17) is 0 Å². The molecule has 0 amide bonds. The van der Waals surface area contributed by atoms with Gasteiger partial charge in [0.15, 0.2) is 0 Å². The fraction of sp³-hybridized carbons (Fsp3) is 0.250. The molecule has 300 valence electrons. The minimum Gasteiger partial charge on any atom is -0.311 e. The third kappa shape index (κ3) is 6.90. The summed E-state index contributed by atoms with van der Waals surface area (Å²) in [5.41, 5.74) is 19.9. The van der Waals surface area contributed by atoms with E-state index in [1.165, 1.54) is 61.4 Å². The first kappa shape index (κ1) is 39.5. The van der Waals surface area contributed by atoms with Crippen LogP contribution in [0.15, 0.2) is 158 Å². The number of hydrogen-bond acceptors (Lipinski definition) is 3. The third-order valence-electron chi connectivity index (χ3n) is 12.7. The second-order valence-electron chi connectivity index (χ2n) is 19.9. The molecule has 7 aromatic carbocycles. The van der Waals surface area contributed by atoms with E-state index in [1.54, 1.807) is 0 Å². The zero-order chi connectivity index (χ0) is 42.1. The topological polar surface area (TPSA) is 9.72 Å². The van der Waals surface area contributed by atoms with Gasteiger partial charge in [0, 0.05) is 45.5 Å². The van der Waals surface area contributed by atoms with Crippen molar-refractivity contribution in [2.75, 3.05) is 14.7 Å². The molecule has 0 radical (unpaired) electrons.